The molecule has 1 atom stereocenters. The van der Waals surface area contributed by atoms with Gasteiger partial charge in [0.05, 0.1) is 5.54 Å². The molecule has 2 fully saturated rings. The molecule has 0 radical (unpaired) electrons. The molecule has 96 valence electrons. The predicted octanol–water partition coefficient (Wildman–Crippen LogP) is -0.00510. The van der Waals surface area contributed by atoms with E-state index < -0.39 is 5.54 Å². The normalized spacial score (nSPS) is 24.4. The summed E-state index contributed by atoms with van der Waals surface area (Å²) in [6.07, 6.45) is 4.15. The Hall–Kier alpha value is -1.10. The lowest BCUT2D eigenvalue weighted by Crippen LogP contribution is -2.60. The zero-order chi connectivity index (χ0) is 12.5. The van der Waals surface area contributed by atoms with Crippen molar-refractivity contribution in [3.05, 3.63) is 0 Å². The van der Waals surface area contributed by atoms with Crippen LogP contribution in [0.5, 0.6) is 0 Å². The highest BCUT2D eigenvalue weighted by Gasteiger charge is 2.40. The second-order valence-electron chi connectivity index (χ2n) is 5.33. The van der Waals surface area contributed by atoms with Crippen LogP contribution in [-0.2, 0) is 9.59 Å². The Morgan fingerprint density at radius 3 is 2.71 bits per heavy atom. The summed E-state index contributed by atoms with van der Waals surface area (Å²) in [7, 11) is 0. The van der Waals surface area contributed by atoms with Gasteiger partial charge in [0.15, 0.2) is 0 Å². The van der Waals surface area contributed by atoms with Gasteiger partial charge in [0.25, 0.3) is 0 Å². The number of hydrogen-bond donors (Lipinski definition) is 2. The van der Waals surface area contributed by atoms with Crippen molar-refractivity contribution in [2.75, 3.05) is 13.1 Å². The molecule has 2 amide bonds. The number of hydrogen-bond acceptors (Lipinski definition) is 3. The van der Waals surface area contributed by atoms with Crippen molar-refractivity contribution in [2.24, 2.45) is 5.73 Å². The van der Waals surface area contributed by atoms with Gasteiger partial charge >= 0.3 is 0 Å². The number of nitrogens with zero attached hydrogens (tertiary/aromatic N) is 1. The van der Waals surface area contributed by atoms with Gasteiger partial charge in [-0.3, -0.25) is 9.59 Å². The van der Waals surface area contributed by atoms with E-state index in [0.29, 0.717) is 13.0 Å². The van der Waals surface area contributed by atoms with E-state index in [2.05, 4.69) is 5.32 Å². The summed E-state index contributed by atoms with van der Waals surface area (Å²) < 4.78 is 0. The highest BCUT2D eigenvalue weighted by atomic mass is 16.2. The van der Waals surface area contributed by atoms with E-state index in [1.165, 1.54) is 0 Å². The molecule has 1 aliphatic heterocycles. The van der Waals surface area contributed by atoms with Crippen LogP contribution in [0.2, 0.25) is 0 Å². The van der Waals surface area contributed by atoms with E-state index >= 15 is 0 Å². The molecule has 0 aromatic heterocycles. The maximum absolute atomic E-state index is 11.9. The fourth-order valence-corrected chi connectivity index (χ4v) is 2.43. The van der Waals surface area contributed by atoms with Crippen molar-refractivity contribution in [3.8, 4) is 0 Å². The highest BCUT2D eigenvalue weighted by molar-refractivity contribution is 5.87. The zero-order valence-corrected chi connectivity index (χ0v) is 10.4. The van der Waals surface area contributed by atoms with Crippen LogP contribution in [0.4, 0.5) is 0 Å². The van der Waals surface area contributed by atoms with Crippen molar-refractivity contribution in [3.63, 3.8) is 0 Å². The molecule has 2 rings (SSSR count). The first-order valence-electron chi connectivity index (χ1n) is 6.39. The summed E-state index contributed by atoms with van der Waals surface area (Å²) in [4.78, 5) is 25.1. The molecule has 0 aromatic carbocycles. The predicted molar refractivity (Wildman–Crippen MR) is 64.2 cm³/mol. The van der Waals surface area contributed by atoms with E-state index in [1.54, 1.807) is 0 Å². The molecule has 1 aliphatic carbocycles. The molecule has 1 saturated carbocycles. The molecule has 0 aromatic rings. The molecule has 2 aliphatic rings. The summed E-state index contributed by atoms with van der Waals surface area (Å²) in [5.74, 6) is 0.125. The fraction of sp³-hybridized carbons (Fsp3) is 0.833. The van der Waals surface area contributed by atoms with Crippen molar-refractivity contribution in [2.45, 2.75) is 50.6 Å². The minimum absolute atomic E-state index is 0.0226. The highest BCUT2D eigenvalue weighted by Crippen LogP contribution is 2.29. The van der Waals surface area contributed by atoms with Crippen LogP contribution in [0.1, 0.15) is 39.0 Å². The molecular weight excluding hydrogens is 218 g/mol. The average molecular weight is 239 g/mol. The number of carbonyl (C=O) groups excluding carboxylic acids is 2. The van der Waals surface area contributed by atoms with Gasteiger partial charge in [0.2, 0.25) is 11.8 Å². The van der Waals surface area contributed by atoms with Crippen LogP contribution in [0.25, 0.3) is 0 Å². The Morgan fingerprint density at radius 1 is 1.53 bits per heavy atom. The van der Waals surface area contributed by atoms with Crippen LogP contribution in [0, 0.1) is 0 Å². The van der Waals surface area contributed by atoms with E-state index in [9.17, 15) is 9.59 Å². The molecule has 17 heavy (non-hydrogen) atoms. The first-order valence-corrected chi connectivity index (χ1v) is 6.39. The Labute approximate surface area is 102 Å². The summed E-state index contributed by atoms with van der Waals surface area (Å²) in [5, 5.41) is 2.91. The van der Waals surface area contributed by atoms with E-state index in [0.717, 1.165) is 32.2 Å². The van der Waals surface area contributed by atoms with Gasteiger partial charge in [-0.05, 0) is 32.6 Å². The van der Waals surface area contributed by atoms with Crippen LogP contribution in [-0.4, -0.2) is 41.4 Å². The quantitative estimate of drug-likeness (QED) is 0.725. The second kappa shape index (κ2) is 4.64. The first kappa shape index (κ1) is 12.4. The minimum atomic E-state index is -0.650. The summed E-state index contributed by atoms with van der Waals surface area (Å²) >= 11 is 0. The van der Waals surface area contributed by atoms with Crippen LogP contribution >= 0.6 is 0 Å². The molecular formula is C12H21N3O2. The third kappa shape index (κ3) is 2.60. The number of rotatable bonds is 4. The van der Waals surface area contributed by atoms with Crippen molar-refractivity contribution in [1.82, 2.24) is 10.2 Å². The van der Waals surface area contributed by atoms with Gasteiger partial charge in [-0.2, -0.15) is 0 Å². The van der Waals surface area contributed by atoms with E-state index in [-0.39, 0.29) is 17.9 Å². The topological polar surface area (TPSA) is 75.4 Å². The number of nitrogens with one attached hydrogen (secondary N) is 1. The van der Waals surface area contributed by atoms with Gasteiger partial charge in [0, 0.05) is 25.6 Å². The molecule has 0 bridgehead atoms. The number of likely N-dealkylation sites (tertiary alicyclic amines) is 1. The van der Waals surface area contributed by atoms with Gasteiger partial charge in [-0.1, -0.05) is 0 Å². The number of carbonyl (C=O) groups is 2. The fourth-order valence-electron chi connectivity index (χ4n) is 2.43. The molecule has 1 saturated heterocycles. The maximum atomic E-state index is 11.9. The second-order valence-corrected chi connectivity index (χ2v) is 5.33. The van der Waals surface area contributed by atoms with E-state index in [4.69, 9.17) is 5.73 Å². The standard InChI is InChI=1S/C12H21N3O2/c1-9(8-15-7-2-4-10(15)16)14-11(17)12(13)5-3-6-12/h9H,2-8,13H2,1H3,(H,14,17). The minimum Gasteiger partial charge on any atom is -0.350 e. The third-order valence-corrected chi connectivity index (χ3v) is 3.74. The Bertz CT molecular complexity index is 326. The Morgan fingerprint density at radius 2 is 2.24 bits per heavy atom. The molecule has 5 nitrogen and oxygen atoms in total. The van der Waals surface area contributed by atoms with Crippen LogP contribution in [0.15, 0.2) is 0 Å². The molecule has 1 heterocycles. The molecule has 3 N–H and O–H groups in total. The van der Waals surface area contributed by atoms with Crippen molar-refractivity contribution < 1.29 is 9.59 Å². The lowest BCUT2D eigenvalue weighted by atomic mass is 9.77. The third-order valence-electron chi connectivity index (χ3n) is 3.74. The summed E-state index contributed by atoms with van der Waals surface area (Å²) in [6, 6.07) is -0.0226. The molecule has 0 spiro atoms. The lowest BCUT2D eigenvalue weighted by Gasteiger charge is -2.37. The van der Waals surface area contributed by atoms with Crippen molar-refractivity contribution >= 4 is 11.8 Å². The largest absolute Gasteiger partial charge is 0.350 e. The first-order chi connectivity index (χ1) is 8.01. The average Bonchev–Trinajstić information content (AvgIpc) is 2.60. The molecule has 5 heteroatoms. The van der Waals surface area contributed by atoms with Gasteiger partial charge in [-0.25, -0.2) is 0 Å². The van der Waals surface area contributed by atoms with Crippen LogP contribution < -0.4 is 11.1 Å². The SMILES string of the molecule is CC(CN1CCCC1=O)NC(=O)C1(N)CCC1. The van der Waals surface area contributed by atoms with E-state index in [1.807, 2.05) is 11.8 Å². The smallest absolute Gasteiger partial charge is 0.240 e. The van der Waals surface area contributed by atoms with Crippen molar-refractivity contribution in [1.29, 1.82) is 0 Å². The maximum Gasteiger partial charge on any atom is 0.240 e. The molecule has 1 unspecified atom stereocenters. The number of nitrogens with two attached hydrogens (primary N) is 1. The number of amides is 2. The Kier molecular flexibility index (Phi) is 3.38. The summed E-state index contributed by atoms with van der Waals surface area (Å²) in [6.45, 7) is 3.33. The Balaban J connectivity index is 1.78. The van der Waals surface area contributed by atoms with Gasteiger partial charge in [0.1, 0.15) is 0 Å². The van der Waals surface area contributed by atoms with Gasteiger partial charge in [-0.15, -0.1) is 0 Å². The van der Waals surface area contributed by atoms with Crippen LogP contribution in [0.3, 0.4) is 0 Å². The monoisotopic (exact) mass is 239 g/mol. The van der Waals surface area contributed by atoms with Gasteiger partial charge < -0.3 is 16.0 Å². The lowest BCUT2D eigenvalue weighted by molar-refractivity contribution is -0.132. The zero-order valence-electron chi connectivity index (χ0n) is 10.4. The summed E-state index contributed by atoms with van der Waals surface area (Å²) in [5.41, 5.74) is 5.29.